The van der Waals surface area contributed by atoms with Crippen LogP contribution in [0.25, 0.3) is 33.5 Å². The Hall–Kier alpha value is -6.08. The number of hydrogen-bond acceptors (Lipinski definition) is 9. The second kappa shape index (κ2) is 12.5. The van der Waals surface area contributed by atoms with Crippen LogP contribution in [0.4, 0.5) is 15.8 Å². The van der Waals surface area contributed by atoms with Gasteiger partial charge in [0, 0.05) is 11.6 Å². The number of benzene rings is 4. The van der Waals surface area contributed by atoms with Gasteiger partial charge in [-0.1, -0.05) is 41.9 Å². The average molecular weight is 642 g/mol. The summed E-state index contributed by atoms with van der Waals surface area (Å²) in [6, 6.07) is 21.6. The van der Waals surface area contributed by atoms with E-state index in [4.69, 9.17) is 25.5 Å². The van der Waals surface area contributed by atoms with Gasteiger partial charge in [-0.2, -0.15) is 9.78 Å². The number of ether oxygens (including phenoxy) is 2. The number of amides is 1. The molecule has 1 amide bonds. The predicted molar refractivity (Wildman–Crippen MR) is 169 cm³/mol. The summed E-state index contributed by atoms with van der Waals surface area (Å²) in [5.41, 5.74) is -0.139. The van der Waals surface area contributed by atoms with E-state index in [1.165, 1.54) is 37.6 Å². The van der Waals surface area contributed by atoms with E-state index in [0.29, 0.717) is 22.2 Å². The smallest absolute Gasteiger partial charge is 0.313 e. The molecule has 6 rings (SSSR count). The molecule has 230 valence electrons. The molecule has 0 unspecified atom stereocenters. The largest absolute Gasteiger partial charge is 0.496 e. The zero-order valence-electron chi connectivity index (χ0n) is 23.8. The van der Waals surface area contributed by atoms with Crippen molar-refractivity contribution < 1.29 is 28.0 Å². The first kappa shape index (κ1) is 30.0. The molecule has 14 heteroatoms. The third kappa shape index (κ3) is 5.86. The molecule has 2 heterocycles. The highest BCUT2D eigenvalue weighted by Crippen LogP contribution is 2.36. The molecule has 1 N–H and O–H groups in total. The second-order valence-electron chi connectivity index (χ2n) is 9.72. The molecule has 0 spiro atoms. The Morgan fingerprint density at radius 1 is 1.11 bits per heavy atom. The molecule has 2 aromatic heterocycles. The fraction of sp³-hybridized carbons (Fsp3) is 0.0625. The van der Waals surface area contributed by atoms with Crippen molar-refractivity contribution in [2.75, 3.05) is 19.0 Å². The number of nitrogens with one attached hydrogen (secondary N) is 1. The van der Waals surface area contributed by atoms with E-state index in [9.17, 15) is 24.1 Å². The lowest BCUT2D eigenvalue weighted by atomic mass is 10.2. The number of anilines is 1. The van der Waals surface area contributed by atoms with E-state index < -0.39 is 34.5 Å². The molecule has 0 saturated carbocycles. The van der Waals surface area contributed by atoms with Crippen LogP contribution in [0.2, 0.25) is 5.02 Å². The Labute approximate surface area is 263 Å². The van der Waals surface area contributed by atoms with Crippen molar-refractivity contribution in [3.05, 3.63) is 122 Å². The monoisotopic (exact) mass is 641 g/mol. The van der Waals surface area contributed by atoms with Crippen LogP contribution in [0.5, 0.6) is 11.5 Å². The number of nitro groups is 1. The summed E-state index contributed by atoms with van der Waals surface area (Å²) in [6.07, 6.45) is 1.19. The van der Waals surface area contributed by atoms with Gasteiger partial charge in [-0.15, -0.1) is 0 Å². The van der Waals surface area contributed by atoms with Gasteiger partial charge in [0.15, 0.2) is 12.4 Å². The molecule has 12 nitrogen and oxygen atoms in total. The van der Waals surface area contributed by atoms with E-state index in [2.05, 4.69) is 15.4 Å². The van der Waals surface area contributed by atoms with Crippen LogP contribution >= 0.6 is 11.6 Å². The topological polar surface area (TPSA) is 151 Å². The lowest BCUT2D eigenvalue weighted by Gasteiger charge is -2.10. The Balaban J connectivity index is 1.36. The maximum absolute atomic E-state index is 13.9. The van der Waals surface area contributed by atoms with Crippen LogP contribution in [-0.2, 0) is 4.79 Å². The first-order valence-corrected chi connectivity index (χ1v) is 13.9. The van der Waals surface area contributed by atoms with E-state index in [1.54, 1.807) is 48.5 Å². The quantitative estimate of drug-likeness (QED) is 0.108. The molecule has 0 atom stereocenters. The summed E-state index contributed by atoms with van der Waals surface area (Å²) in [5.74, 6) is -0.957. The normalized spacial score (nSPS) is 11.3. The minimum Gasteiger partial charge on any atom is -0.496 e. The van der Waals surface area contributed by atoms with Crippen molar-refractivity contribution in [3.63, 3.8) is 0 Å². The number of hydrogen-bond donors (Lipinski definition) is 1. The van der Waals surface area contributed by atoms with Crippen LogP contribution in [0.15, 0.2) is 99.2 Å². The molecular formula is C32H21ClFN5O7. The fourth-order valence-electron chi connectivity index (χ4n) is 4.68. The van der Waals surface area contributed by atoms with Crippen LogP contribution < -0.4 is 20.3 Å². The number of carbonyl (C=O) groups excluding carboxylic acids is 1. The van der Waals surface area contributed by atoms with Crippen molar-refractivity contribution in [1.29, 1.82) is 0 Å². The number of para-hydroxylation sites is 2. The Kier molecular flexibility index (Phi) is 8.14. The summed E-state index contributed by atoms with van der Waals surface area (Å²) < 4.78 is 31.7. The molecule has 0 aliphatic rings. The highest BCUT2D eigenvalue weighted by molar-refractivity contribution is 6.32. The zero-order chi connectivity index (χ0) is 32.4. The van der Waals surface area contributed by atoms with Gasteiger partial charge in [-0.25, -0.2) is 9.37 Å². The van der Waals surface area contributed by atoms with Crippen molar-refractivity contribution >= 4 is 57.0 Å². The van der Waals surface area contributed by atoms with Gasteiger partial charge in [0.05, 0.1) is 45.2 Å². The van der Waals surface area contributed by atoms with Gasteiger partial charge in [-0.05, 0) is 48.5 Å². The first-order chi connectivity index (χ1) is 22.2. The first-order valence-electron chi connectivity index (χ1n) is 13.5. The number of nitro benzene ring substituents is 1. The van der Waals surface area contributed by atoms with Gasteiger partial charge < -0.3 is 19.2 Å². The van der Waals surface area contributed by atoms with Crippen LogP contribution in [0.1, 0.15) is 5.56 Å². The lowest BCUT2D eigenvalue weighted by molar-refractivity contribution is -0.385. The number of halogens is 2. The number of nitrogens with zero attached hydrogens (tertiary/aromatic N) is 4. The zero-order valence-corrected chi connectivity index (χ0v) is 24.5. The fourth-order valence-corrected chi connectivity index (χ4v) is 4.95. The van der Waals surface area contributed by atoms with Crippen LogP contribution in [-0.4, -0.2) is 40.4 Å². The van der Waals surface area contributed by atoms with Gasteiger partial charge >= 0.3 is 5.69 Å². The number of fused-ring (bicyclic) bond motifs is 2. The molecule has 0 aliphatic carbocycles. The Morgan fingerprint density at radius 3 is 2.67 bits per heavy atom. The predicted octanol–water partition coefficient (Wildman–Crippen LogP) is 6.42. The summed E-state index contributed by atoms with van der Waals surface area (Å²) in [4.78, 5) is 41.8. The maximum atomic E-state index is 13.9. The number of rotatable bonds is 9. The molecule has 0 aliphatic heterocycles. The Morgan fingerprint density at radius 2 is 1.89 bits per heavy atom. The highest BCUT2D eigenvalue weighted by Gasteiger charge is 2.22. The van der Waals surface area contributed by atoms with Gasteiger partial charge in [0.25, 0.3) is 11.5 Å². The van der Waals surface area contributed by atoms with E-state index in [1.807, 2.05) is 0 Å². The van der Waals surface area contributed by atoms with Crippen molar-refractivity contribution in [1.82, 2.24) is 9.66 Å². The standard InChI is InChI=1S/C32H21ClFN5O7/c1-44-26-11-6-12-27-20(26)15-28(46-27)31-37-23-9-4-2-7-19(23)32(41)38(31)35-16-18-13-21(33)30(25(14-18)39(42)43)45-17-29(40)36-24-10-5-3-8-22(24)34/h2-16H,17H2,1H3,(H,36,40). The van der Waals surface area contributed by atoms with Gasteiger partial charge in [-0.3, -0.25) is 19.7 Å². The summed E-state index contributed by atoms with van der Waals surface area (Å²) in [6.45, 7) is -0.688. The summed E-state index contributed by atoms with van der Waals surface area (Å²) >= 11 is 6.35. The third-order valence-corrected chi connectivity index (χ3v) is 7.06. The van der Waals surface area contributed by atoms with Crippen LogP contribution in [0, 0.1) is 15.9 Å². The number of carbonyl (C=O) groups is 1. The minimum atomic E-state index is -0.764. The molecule has 6 aromatic rings. The van der Waals surface area contributed by atoms with Crippen molar-refractivity contribution in [2.45, 2.75) is 0 Å². The molecular weight excluding hydrogens is 621 g/mol. The maximum Gasteiger partial charge on any atom is 0.313 e. The lowest BCUT2D eigenvalue weighted by Crippen LogP contribution is -2.21. The number of furan rings is 1. The third-order valence-electron chi connectivity index (χ3n) is 6.78. The van der Waals surface area contributed by atoms with Crippen molar-refractivity contribution in [2.24, 2.45) is 5.10 Å². The molecule has 0 saturated heterocycles. The van der Waals surface area contributed by atoms with Crippen LogP contribution in [0.3, 0.4) is 0 Å². The van der Waals surface area contributed by atoms with E-state index in [-0.39, 0.29) is 39.0 Å². The van der Waals surface area contributed by atoms with Crippen molar-refractivity contribution in [3.8, 4) is 23.1 Å². The Bertz CT molecular complexity index is 2250. The molecule has 4 aromatic carbocycles. The summed E-state index contributed by atoms with van der Waals surface area (Å²) in [7, 11) is 1.52. The molecule has 0 fully saturated rings. The highest BCUT2D eigenvalue weighted by atomic mass is 35.5. The number of aromatic nitrogens is 2. The second-order valence-corrected chi connectivity index (χ2v) is 10.1. The molecule has 0 bridgehead atoms. The SMILES string of the molecule is COc1cccc2oc(-c3nc4ccccc4c(=O)n3N=Cc3cc(Cl)c(OCC(=O)Nc4ccccc4F)c([N+](=O)[O-])c3)cc12. The number of methoxy groups -OCH3 is 1. The van der Waals surface area contributed by atoms with E-state index in [0.717, 1.165) is 16.8 Å². The van der Waals surface area contributed by atoms with E-state index >= 15 is 0 Å². The molecule has 0 radical (unpaired) electrons. The summed E-state index contributed by atoms with van der Waals surface area (Å²) in [5, 5.41) is 19.3. The minimum absolute atomic E-state index is 0.0691. The average Bonchev–Trinajstić information content (AvgIpc) is 3.49. The van der Waals surface area contributed by atoms with Gasteiger partial charge in [0.2, 0.25) is 11.6 Å². The molecule has 46 heavy (non-hydrogen) atoms. The van der Waals surface area contributed by atoms with Gasteiger partial charge in [0.1, 0.15) is 17.1 Å².